The topological polar surface area (TPSA) is 32.3 Å². The average molecular weight is 274 g/mol. The lowest BCUT2D eigenvalue weighted by Gasteiger charge is -2.36. The van der Waals surface area contributed by atoms with Crippen molar-refractivity contribution in [2.45, 2.75) is 51.6 Å². The van der Waals surface area contributed by atoms with Gasteiger partial charge in [0, 0.05) is 23.7 Å². The van der Waals surface area contributed by atoms with Gasteiger partial charge >= 0.3 is 0 Å². The van der Waals surface area contributed by atoms with E-state index in [2.05, 4.69) is 31.0 Å². The van der Waals surface area contributed by atoms with Crippen molar-refractivity contribution >= 4 is 5.91 Å². The highest BCUT2D eigenvalue weighted by Gasteiger charge is 2.27. The standard InChI is InChI=1S/C17H26N2O/c1-17(2,3)19-12-8-7-11-15(13-19)18-16(20)14-9-5-4-6-10-14/h4-6,9-10,15H,7-8,11-13H2,1-3H3,(H,18,20). The number of nitrogens with one attached hydrogen (secondary N) is 1. The van der Waals surface area contributed by atoms with Crippen LogP contribution in [-0.4, -0.2) is 35.5 Å². The van der Waals surface area contributed by atoms with Crippen LogP contribution in [0.4, 0.5) is 0 Å². The molecule has 2 rings (SSSR count). The Morgan fingerprint density at radius 3 is 2.55 bits per heavy atom. The van der Waals surface area contributed by atoms with Crippen molar-refractivity contribution in [2.75, 3.05) is 13.1 Å². The Bertz CT molecular complexity index is 436. The molecule has 1 amide bonds. The normalized spacial score (nSPS) is 21.2. The van der Waals surface area contributed by atoms with E-state index in [0.717, 1.165) is 25.1 Å². The van der Waals surface area contributed by atoms with Gasteiger partial charge in [0.1, 0.15) is 0 Å². The summed E-state index contributed by atoms with van der Waals surface area (Å²) in [7, 11) is 0. The van der Waals surface area contributed by atoms with Gasteiger partial charge < -0.3 is 5.32 Å². The molecule has 0 saturated carbocycles. The number of likely N-dealkylation sites (tertiary alicyclic amines) is 1. The molecule has 1 N–H and O–H groups in total. The van der Waals surface area contributed by atoms with Crippen molar-refractivity contribution < 1.29 is 4.79 Å². The van der Waals surface area contributed by atoms with Gasteiger partial charge in [-0.2, -0.15) is 0 Å². The van der Waals surface area contributed by atoms with Crippen molar-refractivity contribution in [1.29, 1.82) is 0 Å². The van der Waals surface area contributed by atoms with E-state index < -0.39 is 0 Å². The minimum Gasteiger partial charge on any atom is -0.348 e. The van der Waals surface area contributed by atoms with Gasteiger partial charge in [0.25, 0.3) is 5.91 Å². The van der Waals surface area contributed by atoms with Crippen LogP contribution < -0.4 is 5.32 Å². The average Bonchev–Trinajstić information content (AvgIpc) is 2.65. The Hall–Kier alpha value is -1.35. The maximum atomic E-state index is 12.3. The first-order valence-corrected chi connectivity index (χ1v) is 7.58. The van der Waals surface area contributed by atoms with E-state index in [-0.39, 0.29) is 17.5 Å². The molecule has 0 aliphatic carbocycles. The summed E-state index contributed by atoms with van der Waals surface area (Å²) in [5, 5.41) is 3.20. The van der Waals surface area contributed by atoms with Gasteiger partial charge in [-0.25, -0.2) is 0 Å². The fraction of sp³-hybridized carbons (Fsp3) is 0.588. The van der Waals surface area contributed by atoms with Crippen LogP contribution in [0, 0.1) is 0 Å². The number of benzene rings is 1. The Morgan fingerprint density at radius 1 is 1.20 bits per heavy atom. The lowest BCUT2D eigenvalue weighted by atomic mass is 10.0. The Labute approximate surface area is 122 Å². The van der Waals surface area contributed by atoms with E-state index >= 15 is 0 Å². The van der Waals surface area contributed by atoms with E-state index in [0.29, 0.717) is 0 Å². The maximum absolute atomic E-state index is 12.3. The predicted molar refractivity (Wildman–Crippen MR) is 82.9 cm³/mol. The fourth-order valence-corrected chi connectivity index (χ4v) is 2.73. The highest BCUT2D eigenvalue weighted by Crippen LogP contribution is 2.20. The summed E-state index contributed by atoms with van der Waals surface area (Å²) in [6.07, 6.45) is 3.48. The molecule has 20 heavy (non-hydrogen) atoms. The third kappa shape index (κ3) is 4.07. The quantitative estimate of drug-likeness (QED) is 0.899. The van der Waals surface area contributed by atoms with Crippen LogP contribution in [0.3, 0.4) is 0 Å². The van der Waals surface area contributed by atoms with Crippen LogP contribution in [0.15, 0.2) is 30.3 Å². The summed E-state index contributed by atoms with van der Waals surface area (Å²) < 4.78 is 0. The second kappa shape index (κ2) is 6.40. The number of nitrogens with zero attached hydrogens (tertiary/aromatic N) is 1. The minimum absolute atomic E-state index is 0.0476. The van der Waals surface area contributed by atoms with E-state index in [9.17, 15) is 4.79 Å². The maximum Gasteiger partial charge on any atom is 0.251 e. The summed E-state index contributed by atoms with van der Waals surface area (Å²) in [4.78, 5) is 14.7. The number of carbonyl (C=O) groups excluding carboxylic acids is 1. The van der Waals surface area contributed by atoms with Gasteiger partial charge in [0.05, 0.1) is 0 Å². The van der Waals surface area contributed by atoms with Crippen LogP contribution in [0.25, 0.3) is 0 Å². The third-order valence-electron chi connectivity index (χ3n) is 3.99. The SMILES string of the molecule is CC(C)(C)N1CCCCC(NC(=O)c2ccccc2)C1. The highest BCUT2D eigenvalue weighted by atomic mass is 16.1. The summed E-state index contributed by atoms with van der Waals surface area (Å²) in [6.45, 7) is 8.81. The molecule has 1 unspecified atom stereocenters. The predicted octanol–water partition coefficient (Wildman–Crippen LogP) is 3.07. The van der Waals surface area contributed by atoms with E-state index in [1.165, 1.54) is 12.8 Å². The molecule has 0 spiro atoms. The molecule has 1 aromatic rings. The number of carbonyl (C=O) groups is 1. The first-order valence-electron chi connectivity index (χ1n) is 7.58. The first kappa shape index (κ1) is 15.0. The zero-order valence-corrected chi connectivity index (χ0v) is 12.9. The van der Waals surface area contributed by atoms with Gasteiger partial charge in [0.15, 0.2) is 0 Å². The molecule has 1 heterocycles. The van der Waals surface area contributed by atoms with Crippen LogP contribution in [-0.2, 0) is 0 Å². The largest absolute Gasteiger partial charge is 0.348 e. The zero-order valence-electron chi connectivity index (χ0n) is 12.9. The number of hydrogen-bond acceptors (Lipinski definition) is 2. The molecular weight excluding hydrogens is 248 g/mol. The van der Waals surface area contributed by atoms with Crippen molar-refractivity contribution in [3.63, 3.8) is 0 Å². The van der Waals surface area contributed by atoms with E-state index in [1.54, 1.807) is 0 Å². The van der Waals surface area contributed by atoms with Crippen molar-refractivity contribution in [1.82, 2.24) is 10.2 Å². The van der Waals surface area contributed by atoms with Gasteiger partial charge in [0.2, 0.25) is 0 Å². The molecule has 0 aromatic heterocycles. The first-order chi connectivity index (χ1) is 9.47. The zero-order chi connectivity index (χ0) is 14.6. The molecule has 0 bridgehead atoms. The Morgan fingerprint density at radius 2 is 1.90 bits per heavy atom. The molecule has 1 saturated heterocycles. The molecule has 110 valence electrons. The summed E-state index contributed by atoms with van der Waals surface area (Å²) in [5.41, 5.74) is 0.916. The molecule has 0 radical (unpaired) electrons. The lowest BCUT2D eigenvalue weighted by Crippen LogP contribution is -2.49. The molecule has 1 aliphatic heterocycles. The molecule has 1 fully saturated rings. The smallest absolute Gasteiger partial charge is 0.251 e. The van der Waals surface area contributed by atoms with Crippen LogP contribution in [0.2, 0.25) is 0 Å². The van der Waals surface area contributed by atoms with E-state index in [1.807, 2.05) is 30.3 Å². The number of hydrogen-bond donors (Lipinski definition) is 1. The molecule has 1 aliphatic rings. The van der Waals surface area contributed by atoms with E-state index in [4.69, 9.17) is 0 Å². The highest BCUT2D eigenvalue weighted by molar-refractivity contribution is 5.94. The second-order valence-corrected chi connectivity index (χ2v) is 6.65. The fourth-order valence-electron chi connectivity index (χ4n) is 2.73. The molecule has 1 atom stereocenters. The van der Waals surface area contributed by atoms with Gasteiger partial charge in [-0.05, 0) is 52.3 Å². The minimum atomic E-state index is 0.0476. The summed E-state index contributed by atoms with van der Waals surface area (Å²) in [6, 6.07) is 9.74. The van der Waals surface area contributed by atoms with Gasteiger partial charge in [-0.15, -0.1) is 0 Å². The lowest BCUT2D eigenvalue weighted by molar-refractivity contribution is 0.0894. The Kier molecular flexibility index (Phi) is 4.81. The molecular formula is C17H26N2O. The number of rotatable bonds is 2. The van der Waals surface area contributed by atoms with Crippen LogP contribution in [0.1, 0.15) is 50.4 Å². The third-order valence-corrected chi connectivity index (χ3v) is 3.99. The van der Waals surface area contributed by atoms with Crippen LogP contribution >= 0.6 is 0 Å². The second-order valence-electron chi connectivity index (χ2n) is 6.65. The summed E-state index contributed by atoms with van der Waals surface area (Å²) >= 11 is 0. The van der Waals surface area contributed by atoms with Crippen molar-refractivity contribution in [3.05, 3.63) is 35.9 Å². The molecule has 1 aromatic carbocycles. The van der Waals surface area contributed by atoms with Crippen molar-refractivity contribution in [3.8, 4) is 0 Å². The van der Waals surface area contributed by atoms with Crippen LogP contribution in [0.5, 0.6) is 0 Å². The van der Waals surface area contributed by atoms with Crippen molar-refractivity contribution in [2.24, 2.45) is 0 Å². The monoisotopic (exact) mass is 274 g/mol. The Balaban J connectivity index is 1.99. The number of amides is 1. The van der Waals surface area contributed by atoms with Gasteiger partial charge in [-0.3, -0.25) is 9.69 Å². The molecule has 3 nitrogen and oxygen atoms in total. The van der Waals surface area contributed by atoms with Gasteiger partial charge in [-0.1, -0.05) is 24.6 Å². The summed E-state index contributed by atoms with van der Waals surface area (Å²) in [5.74, 6) is 0.0476. The molecule has 3 heteroatoms.